The first-order chi connectivity index (χ1) is 12.7. The Labute approximate surface area is 183 Å². The molecule has 5 nitrogen and oxygen atoms in total. The van der Waals surface area contributed by atoms with Gasteiger partial charge in [0.15, 0.2) is 5.96 Å². The molecule has 154 valence electrons. The predicted octanol–water partition coefficient (Wildman–Crippen LogP) is 3.49. The summed E-state index contributed by atoms with van der Waals surface area (Å²) in [5.74, 6) is 2.52. The Morgan fingerprint density at radius 2 is 2.19 bits per heavy atom. The molecule has 7 heteroatoms. The van der Waals surface area contributed by atoms with Crippen molar-refractivity contribution < 1.29 is 8.95 Å². The van der Waals surface area contributed by atoms with E-state index >= 15 is 0 Å². The largest absolute Gasteiger partial charge is 0.497 e. The van der Waals surface area contributed by atoms with Crippen LogP contribution in [0.5, 0.6) is 5.75 Å². The molecule has 3 unspecified atom stereocenters. The average molecular weight is 507 g/mol. The molecule has 27 heavy (non-hydrogen) atoms. The summed E-state index contributed by atoms with van der Waals surface area (Å²) in [5.41, 5.74) is 1.28. The van der Waals surface area contributed by atoms with E-state index in [1.54, 1.807) is 7.11 Å². The van der Waals surface area contributed by atoms with Gasteiger partial charge in [0.1, 0.15) is 5.75 Å². The van der Waals surface area contributed by atoms with Crippen LogP contribution < -0.4 is 15.4 Å². The molecule has 0 aliphatic heterocycles. The molecular weight excluding hydrogens is 473 g/mol. The van der Waals surface area contributed by atoms with Gasteiger partial charge in [0.2, 0.25) is 0 Å². The Balaban J connectivity index is 0.00000364. The van der Waals surface area contributed by atoms with Crippen LogP contribution >= 0.6 is 24.0 Å². The number of methoxy groups -OCH3 is 1. The van der Waals surface area contributed by atoms with Gasteiger partial charge in [-0.1, -0.05) is 25.5 Å². The summed E-state index contributed by atoms with van der Waals surface area (Å²) in [4.78, 5) is 4.34. The molecule has 0 saturated heterocycles. The second-order valence-electron chi connectivity index (χ2n) is 6.75. The van der Waals surface area contributed by atoms with E-state index in [9.17, 15) is 4.21 Å². The van der Waals surface area contributed by atoms with Gasteiger partial charge in [-0.15, -0.1) is 24.0 Å². The normalized spacial score (nSPS) is 21.1. The lowest BCUT2D eigenvalue weighted by Crippen LogP contribution is -2.46. The van der Waals surface area contributed by atoms with Gasteiger partial charge in [0, 0.05) is 41.4 Å². The highest BCUT2D eigenvalue weighted by molar-refractivity contribution is 14.0. The van der Waals surface area contributed by atoms with Crippen molar-refractivity contribution in [1.82, 2.24) is 10.6 Å². The van der Waals surface area contributed by atoms with Crippen molar-refractivity contribution in [3.63, 3.8) is 0 Å². The van der Waals surface area contributed by atoms with Gasteiger partial charge in [-0.2, -0.15) is 0 Å². The monoisotopic (exact) mass is 507 g/mol. The fourth-order valence-corrected chi connectivity index (χ4v) is 4.81. The lowest BCUT2D eigenvalue weighted by Gasteiger charge is -2.30. The summed E-state index contributed by atoms with van der Waals surface area (Å²) in [7, 11) is 2.81. The second kappa shape index (κ2) is 13.4. The Kier molecular flexibility index (Phi) is 12.0. The van der Waals surface area contributed by atoms with Crippen molar-refractivity contribution in [2.24, 2.45) is 4.99 Å². The van der Waals surface area contributed by atoms with E-state index in [2.05, 4.69) is 27.8 Å². The topological polar surface area (TPSA) is 62.7 Å². The third-order valence-corrected chi connectivity index (χ3v) is 6.66. The van der Waals surface area contributed by atoms with Gasteiger partial charge in [-0.25, -0.2) is 0 Å². The lowest BCUT2D eigenvalue weighted by molar-refractivity contribution is 0.413. The minimum atomic E-state index is -0.692. The third-order valence-electron chi connectivity index (χ3n) is 4.92. The van der Waals surface area contributed by atoms with E-state index in [-0.39, 0.29) is 24.0 Å². The summed E-state index contributed by atoms with van der Waals surface area (Å²) in [6.45, 7) is 2.88. The van der Waals surface area contributed by atoms with Crippen LogP contribution in [0.1, 0.15) is 44.6 Å². The Morgan fingerprint density at radius 3 is 2.89 bits per heavy atom. The maximum atomic E-state index is 12.1. The summed E-state index contributed by atoms with van der Waals surface area (Å²) in [5, 5.41) is 7.25. The van der Waals surface area contributed by atoms with Crippen molar-refractivity contribution >= 4 is 40.7 Å². The Hall–Kier alpha value is -0.830. The van der Waals surface area contributed by atoms with Crippen molar-refractivity contribution in [3.05, 3.63) is 29.8 Å². The number of nitrogens with one attached hydrogen (secondary N) is 2. The molecule has 1 saturated carbocycles. The number of aliphatic imine (C=N–C) groups is 1. The summed E-state index contributed by atoms with van der Waals surface area (Å²) >= 11 is 0. The quantitative estimate of drug-likeness (QED) is 0.245. The second-order valence-corrected chi connectivity index (χ2v) is 8.76. The smallest absolute Gasteiger partial charge is 0.191 e. The van der Waals surface area contributed by atoms with E-state index in [1.165, 1.54) is 5.56 Å². The first kappa shape index (κ1) is 24.2. The molecule has 0 bridgehead atoms. The zero-order chi connectivity index (χ0) is 18.8. The number of hydrogen-bond donors (Lipinski definition) is 2. The third kappa shape index (κ3) is 8.37. The number of nitrogens with zero attached hydrogens (tertiary/aromatic N) is 1. The Morgan fingerprint density at radius 1 is 1.37 bits per heavy atom. The van der Waals surface area contributed by atoms with E-state index in [0.717, 1.165) is 62.5 Å². The highest BCUT2D eigenvalue weighted by atomic mass is 127. The summed E-state index contributed by atoms with van der Waals surface area (Å²) in [6.07, 6.45) is 6.36. The van der Waals surface area contributed by atoms with Crippen LogP contribution in [0.2, 0.25) is 0 Å². The first-order valence-corrected chi connectivity index (χ1v) is 11.0. The number of benzene rings is 1. The minimum absolute atomic E-state index is 0. The van der Waals surface area contributed by atoms with E-state index < -0.39 is 10.8 Å². The number of rotatable bonds is 8. The van der Waals surface area contributed by atoms with Crippen LogP contribution in [0, 0.1) is 0 Å². The molecule has 0 aromatic heterocycles. The molecule has 1 aliphatic rings. The Bertz CT molecular complexity index is 613. The molecular formula is C20H34IN3O2S. The summed E-state index contributed by atoms with van der Waals surface area (Å²) < 4.78 is 17.4. The molecule has 2 rings (SSSR count). The van der Waals surface area contributed by atoms with Gasteiger partial charge in [0.25, 0.3) is 0 Å². The zero-order valence-corrected chi connectivity index (χ0v) is 19.8. The molecule has 0 heterocycles. The molecule has 1 fully saturated rings. The van der Waals surface area contributed by atoms with Crippen molar-refractivity contribution in [2.45, 2.75) is 56.7 Å². The van der Waals surface area contributed by atoms with Gasteiger partial charge in [-0.3, -0.25) is 9.20 Å². The highest BCUT2D eigenvalue weighted by Crippen LogP contribution is 2.23. The minimum Gasteiger partial charge on any atom is -0.497 e. The SMILES string of the molecule is CCS(=O)C1CCCC(NC(=NC)NCCCc2cccc(OC)c2)C1.I. The van der Waals surface area contributed by atoms with Gasteiger partial charge >= 0.3 is 0 Å². The fraction of sp³-hybridized carbons (Fsp3) is 0.650. The van der Waals surface area contributed by atoms with E-state index in [0.29, 0.717) is 11.3 Å². The first-order valence-electron chi connectivity index (χ1n) is 9.63. The van der Waals surface area contributed by atoms with Crippen LogP contribution in [0.3, 0.4) is 0 Å². The summed E-state index contributed by atoms with van der Waals surface area (Å²) in [6, 6.07) is 8.58. The number of guanidine groups is 1. The zero-order valence-electron chi connectivity index (χ0n) is 16.7. The molecule has 2 N–H and O–H groups in total. The molecule has 0 spiro atoms. The van der Waals surface area contributed by atoms with Gasteiger partial charge in [0.05, 0.1) is 7.11 Å². The van der Waals surface area contributed by atoms with Gasteiger partial charge < -0.3 is 15.4 Å². The lowest BCUT2D eigenvalue weighted by atomic mass is 9.95. The number of ether oxygens (including phenoxy) is 1. The maximum Gasteiger partial charge on any atom is 0.191 e. The van der Waals surface area contributed by atoms with Crippen LogP contribution in [0.25, 0.3) is 0 Å². The van der Waals surface area contributed by atoms with Crippen molar-refractivity contribution in [2.75, 3.05) is 26.5 Å². The molecule has 3 atom stereocenters. The fourth-order valence-electron chi connectivity index (χ4n) is 3.47. The molecule has 0 radical (unpaired) electrons. The molecule has 1 aromatic rings. The van der Waals surface area contributed by atoms with Gasteiger partial charge in [-0.05, 0) is 49.8 Å². The van der Waals surface area contributed by atoms with Crippen LogP contribution in [0.15, 0.2) is 29.3 Å². The van der Waals surface area contributed by atoms with Crippen LogP contribution in [-0.2, 0) is 17.2 Å². The van der Waals surface area contributed by atoms with Crippen molar-refractivity contribution in [1.29, 1.82) is 0 Å². The molecule has 1 aliphatic carbocycles. The maximum absolute atomic E-state index is 12.1. The number of halogens is 1. The van der Waals surface area contributed by atoms with Crippen LogP contribution in [0.4, 0.5) is 0 Å². The standard InChI is InChI=1S/C20H33N3O2S.HI/c1-4-26(24)19-12-6-10-17(15-19)23-20(21-2)22-13-7-9-16-8-5-11-18(14-16)25-3;/h5,8,11,14,17,19H,4,6-7,9-10,12-13,15H2,1-3H3,(H2,21,22,23);1H. The van der Waals surface area contributed by atoms with Crippen LogP contribution in [-0.4, -0.2) is 47.9 Å². The number of hydrogen-bond acceptors (Lipinski definition) is 3. The molecule has 0 amide bonds. The molecule has 1 aromatic carbocycles. The van der Waals surface area contributed by atoms with E-state index in [4.69, 9.17) is 4.74 Å². The number of aryl methyl sites for hydroxylation is 1. The highest BCUT2D eigenvalue weighted by Gasteiger charge is 2.25. The average Bonchev–Trinajstić information content (AvgIpc) is 2.70. The predicted molar refractivity (Wildman–Crippen MR) is 126 cm³/mol. The van der Waals surface area contributed by atoms with E-state index in [1.807, 2.05) is 26.1 Å². The van der Waals surface area contributed by atoms with Crippen molar-refractivity contribution in [3.8, 4) is 5.75 Å².